The molecule has 3 aromatic heterocycles. The fourth-order valence-electron chi connectivity index (χ4n) is 4.40. The number of hydrogen-bond acceptors (Lipinski definition) is 8. The first kappa shape index (κ1) is 21.6. The summed E-state index contributed by atoms with van der Waals surface area (Å²) in [4.78, 5) is 19.9. The minimum atomic E-state index is 0.0190. The summed E-state index contributed by atoms with van der Waals surface area (Å²) < 4.78 is 0. The quantitative estimate of drug-likeness (QED) is 0.337. The van der Waals surface area contributed by atoms with Crippen LogP contribution in [0.15, 0.2) is 54.9 Å². The van der Waals surface area contributed by atoms with E-state index in [-0.39, 0.29) is 17.8 Å². The number of nitrogens with two attached hydrogens (primary N) is 2. The van der Waals surface area contributed by atoms with Gasteiger partial charge < -0.3 is 16.4 Å². The summed E-state index contributed by atoms with van der Waals surface area (Å²) in [6.07, 6.45) is 5.37. The van der Waals surface area contributed by atoms with Crippen molar-refractivity contribution in [1.82, 2.24) is 30.1 Å². The van der Waals surface area contributed by atoms with E-state index in [1.54, 1.807) is 6.20 Å². The molecule has 5 aromatic rings. The average molecular weight is 454 g/mol. The molecule has 172 valence electrons. The zero-order chi connectivity index (χ0) is 23.7. The first-order chi connectivity index (χ1) is 16.5. The van der Waals surface area contributed by atoms with Crippen LogP contribution in [0.3, 0.4) is 0 Å². The van der Waals surface area contributed by atoms with Crippen molar-refractivity contribution < 1.29 is 0 Å². The van der Waals surface area contributed by atoms with Crippen LogP contribution < -0.4 is 16.4 Å². The Balaban J connectivity index is 1.54. The summed E-state index contributed by atoms with van der Waals surface area (Å²) >= 11 is 0. The predicted octanol–water partition coefficient (Wildman–Crippen LogP) is 3.97. The number of fused-ring (bicyclic) bond motifs is 2. The SMILES string of the molecule is Cc1[nH]ncc1CCCN(c1ncc2c(N)nc(N)nc2n1)C(C)c1cccc2ccccc12. The second-order valence-electron chi connectivity index (χ2n) is 8.44. The molecule has 0 spiro atoms. The lowest BCUT2D eigenvalue weighted by molar-refractivity contribution is 0.628. The minimum absolute atomic E-state index is 0.0190. The molecule has 5 rings (SSSR count). The number of benzene rings is 2. The molecule has 0 bridgehead atoms. The maximum atomic E-state index is 6.01. The molecule has 0 aliphatic rings. The van der Waals surface area contributed by atoms with Crippen LogP contribution in [0, 0.1) is 6.92 Å². The molecule has 5 N–H and O–H groups in total. The molecular formula is C25H27N9. The van der Waals surface area contributed by atoms with Gasteiger partial charge in [0.15, 0.2) is 5.65 Å². The van der Waals surface area contributed by atoms with Gasteiger partial charge in [-0.3, -0.25) is 5.10 Å². The van der Waals surface area contributed by atoms with Crippen LogP contribution in [0.25, 0.3) is 21.8 Å². The Labute approximate surface area is 197 Å². The van der Waals surface area contributed by atoms with E-state index in [1.165, 1.54) is 21.9 Å². The monoisotopic (exact) mass is 453 g/mol. The number of aromatic amines is 1. The van der Waals surface area contributed by atoms with E-state index in [0.29, 0.717) is 17.0 Å². The topological polar surface area (TPSA) is 136 Å². The van der Waals surface area contributed by atoms with Gasteiger partial charge in [-0.05, 0) is 48.6 Å². The van der Waals surface area contributed by atoms with Gasteiger partial charge in [0.25, 0.3) is 0 Å². The fourth-order valence-corrected chi connectivity index (χ4v) is 4.40. The first-order valence-electron chi connectivity index (χ1n) is 11.3. The highest BCUT2D eigenvalue weighted by atomic mass is 15.3. The number of nitrogens with one attached hydrogen (secondary N) is 1. The van der Waals surface area contributed by atoms with E-state index in [9.17, 15) is 0 Å². The van der Waals surface area contributed by atoms with E-state index >= 15 is 0 Å². The first-order valence-corrected chi connectivity index (χ1v) is 11.3. The van der Waals surface area contributed by atoms with E-state index in [0.717, 1.165) is 25.1 Å². The molecule has 2 aromatic carbocycles. The molecule has 0 fully saturated rings. The van der Waals surface area contributed by atoms with E-state index in [4.69, 9.17) is 16.5 Å². The van der Waals surface area contributed by atoms with Crippen molar-refractivity contribution in [3.63, 3.8) is 0 Å². The van der Waals surface area contributed by atoms with Crippen molar-refractivity contribution in [2.24, 2.45) is 0 Å². The van der Waals surface area contributed by atoms with Crippen LogP contribution in [0.4, 0.5) is 17.7 Å². The molecule has 1 atom stereocenters. The lowest BCUT2D eigenvalue weighted by Crippen LogP contribution is -2.30. The Morgan fingerprint density at radius 3 is 2.62 bits per heavy atom. The van der Waals surface area contributed by atoms with Crippen molar-refractivity contribution in [1.29, 1.82) is 0 Å². The highest BCUT2D eigenvalue weighted by Crippen LogP contribution is 2.31. The van der Waals surface area contributed by atoms with Crippen LogP contribution in [0.2, 0.25) is 0 Å². The third-order valence-corrected chi connectivity index (χ3v) is 6.26. The van der Waals surface area contributed by atoms with Crippen molar-refractivity contribution in [2.75, 3.05) is 22.9 Å². The second kappa shape index (κ2) is 8.93. The highest BCUT2D eigenvalue weighted by Gasteiger charge is 2.22. The smallest absolute Gasteiger partial charge is 0.227 e. The summed E-state index contributed by atoms with van der Waals surface area (Å²) in [5.74, 6) is 0.950. The molecule has 9 nitrogen and oxygen atoms in total. The molecule has 0 aliphatic heterocycles. The van der Waals surface area contributed by atoms with Crippen LogP contribution in [0.5, 0.6) is 0 Å². The zero-order valence-electron chi connectivity index (χ0n) is 19.2. The Bertz CT molecular complexity index is 1450. The Hall–Kier alpha value is -4.27. The van der Waals surface area contributed by atoms with Crippen LogP contribution in [-0.4, -0.2) is 36.7 Å². The summed E-state index contributed by atoms with van der Waals surface area (Å²) in [7, 11) is 0. The molecular weight excluding hydrogens is 426 g/mol. The fraction of sp³-hybridized carbons (Fsp3) is 0.240. The summed E-state index contributed by atoms with van der Waals surface area (Å²) in [6, 6.07) is 14.8. The number of hydrogen-bond donors (Lipinski definition) is 3. The third-order valence-electron chi connectivity index (χ3n) is 6.26. The van der Waals surface area contributed by atoms with Crippen LogP contribution in [0.1, 0.15) is 36.2 Å². The molecule has 34 heavy (non-hydrogen) atoms. The van der Waals surface area contributed by atoms with Gasteiger partial charge in [-0.1, -0.05) is 42.5 Å². The number of nitrogens with zero attached hydrogens (tertiary/aromatic N) is 6. The second-order valence-corrected chi connectivity index (χ2v) is 8.44. The van der Waals surface area contributed by atoms with Crippen molar-refractivity contribution in [3.8, 4) is 0 Å². The van der Waals surface area contributed by atoms with E-state index < -0.39 is 0 Å². The molecule has 0 aliphatic carbocycles. The summed E-state index contributed by atoms with van der Waals surface area (Å²) in [5, 5.41) is 10.2. The molecule has 3 heterocycles. The van der Waals surface area contributed by atoms with E-state index in [2.05, 4.69) is 79.4 Å². The molecule has 1 unspecified atom stereocenters. The van der Waals surface area contributed by atoms with Gasteiger partial charge in [0.2, 0.25) is 11.9 Å². The summed E-state index contributed by atoms with van der Waals surface area (Å²) in [6.45, 7) is 4.97. The largest absolute Gasteiger partial charge is 0.383 e. The maximum Gasteiger partial charge on any atom is 0.227 e. The molecule has 0 radical (unpaired) electrons. The number of rotatable bonds is 7. The number of anilines is 3. The lowest BCUT2D eigenvalue weighted by atomic mass is 9.98. The van der Waals surface area contributed by atoms with Gasteiger partial charge >= 0.3 is 0 Å². The standard InChI is InChI=1S/C25H27N9/c1-15-18(13-29-33-15)9-6-12-34(16(2)19-11-5-8-17-7-3-4-10-20(17)19)25-28-14-21-22(26)30-24(27)31-23(21)32-25/h3-5,7-8,10-11,13-14,16H,6,9,12H2,1-2H3,(H,29,33)(H4,26,27,28,30,31,32). The molecule has 0 amide bonds. The van der Waals surface area contributed by atoms with Gasteiger partial charge in [-0.2, -0.15) is 20.1 Å². The van der Waals surface area contributed by atoms with Gasteiger partial charge in [-0.15, -0.1) is 0 Å². The normalized spacial score (nSPS) is 12.3. The lowest BCUT2D eigenvalue weighted by Gasteiger charge is -2.30. The number of aryl methyl sites for hydroxylation is 2. The number of nitrogen functional groups attached to an aromatic ring is 2. The summed E-state index contributed by atoms with van der Waals surface area (Å²) in [5.41, 5.74) is 15.8. The zero-order valence-corrected chi connectivity index (χ0v) is 19.2. The highest BCUT2D eigenvalue weighted by molar-refractivity contribution is 5.87. The van der Waals surface area contributed by atoms with Crippen molar-refractivity contribution >= 4 is 39.5 Å². The maximum absolute atomic E-state index is 6.01. The Kier molecular flexibility index (Phi) is 5.67. The molecule has 0 saturated heterocycles. The van der Waals surface area contributed by atoms with Gasteiger partial charge in [-0.25, -0.2) is 4.98 Å². The third kappa shape index (κ3) is 4.07. The van der Waals surface area contributed by atoms with Crippen molar-refractivity contribution in [2.45, 2.75) is 32.7 Å². The average Bonchev–Trinajstić information content (AvgIpc) is 3.25. The Morgan fingerprint density at radius 1 is 0.971 bits per heavy atom. The minimum Gasteiger partial charge on any atom is -0.383 e. The van der Waals surface area contributed by atoms with Gasteiger partial charge in [0.1, 0.15) is 5.82 Å². The van der Waals surface area contributed by atoms with Gasteiger partial charge in [0, 0.05) is 18.4 Å². The van der Waals surface area contributed by atoms with Crippen molar-refractivity contribution in [3.05, 3.63) is 71.7 Å². The predicted molar refractivity (Wildman–Crippen MR) is 135 cm³/mol. The van der Waals surface area contributed by atoms with Crippen LogP contribution >= 0.6 is 0 Å². The van der Waals surface area contributed by atoms with E-state index in [1.807, 2.05) is 13.1 Å². The Morgan fingerprint density at radius 2 is 1.79 bits per heavy atom. The van der Waals surface area contributed by atoms with Crippen LogP contribution in [-0.2, 0) is 6.42 Å². The number of H-pyrrole nitrogens is 1. The van der Waals surface area contributed by atoms with Gasteiger partial charge in [0.05, 0.1) is 17.6 Å². The molecule has 9 heteroatoms. The number of aromatic nitrogens is 6. The molecule has 0 saturated carbocycles.